The zero-order chi connectivity index (χ0) is 57.5. The Labute approximate surface area is 506 Å². The summed E-state index contributed by atoms with van der Waals surface area (Å²) in [5.41, 5.74) is 13.9. The molecule has 13 aromatic carbocycles. The second-order valence-corrected chi connectivity index (χ2v) is 29.6. The fourth-order valence-electron chi connectivity index (χ4n) is 12.9. The number of hydrogen-bond acceptors (Lipinski definition) is 2. The molecular formula is C82H60N2Si2. The van der Waals surface area contributed by atoms with Crippen molar-refractivity contribution in [3.8, 4) is 78.4 Å². The molecule has 1 heterocycles. The smallest absolute Gasteiger partial charge is 0.179 e. The molecule has 0 atom stereocenters. The average Bonchev–Trinajstić information content (AvgIpc) is 0.814. The summed E-state index contributed by atoms with van der Waals surface area (Å²) in [6, 6.07) is 134. The zero-order valence-electron chi connectivity index (χ0n) is 47.5. The number of aromatic nitrogens is 2. The van der Waals surface area contributed by atoms with E-state index in [9.17, 15) is 0 Å². The predicted octanol–water partition coefficient (Wildman–Crippen LogP) is 14.9. The van der Waals surface area contributed by atoms with Crippen LogP contribution in [0, 0.1) is 0 Å². The Morgan fingerprint density at radius 1 is 0.151 bits per heavy atom. The molecule has 2 nitrogen and oxygen atoms in total. The molecule has 0 N–H and O–H groups in total. The molecule has 0 bridgehead atoms. The van der Waals surface area contributed by atoms with Crippen LogP contribution in [0.5, 0.6) is 0 Å². The van der Waals surface area contributed by atoms with Crippen LogP contribution in [-0.2, 0) is 0 Å². The summed E-state index contributed by atoms with van der Waals surface area (Å²) >= 11 is 0. The van der Waals surface area contributed by atoms with Gasteiger partial charge in [0.25, 0.3) is 0 Å². The van der Waals surface area contributed by atoms with Crippen molar-refractivity contribution < 1.29 is 0 Å². The monoisotopic (exact) mass is 1130 g/mol. The first-order valence-electron chi connectivity index (χ1n) is 29.5. The lowest BCUT2D eigenvalue weighted by Crippen LogP contribution is -2.78. The second-order valence-electron chi connectivity index (χ2n) is 22.0. The van der Waals surface area contributed by atoms with E-state index in [1.54, 1.807) is 0 Å². The summed E-state index contributed by atoms with van der Waals surface area (Å²) in [5.74, 6) is 0.655. The molecule has 4 heteroatoms. The van der Waals surface area contributed by atoms with Crippen LogP contribution < -0.4 is 41.5 Å². The molecule has 14 aromatic rings. The van der Waals surface area contributed by atoms with Gasteiger partial charge < -0.3 is 0 Å². The molecule has 0 saturated carbocycles. The van der Waals surface area contributed by atoms with Gasteiger partial charge in [0.2, 0.25) is 0 Å². The van der Waals surface area contributed by atoms with Crippen molar-refractivity contribution >= 4 is 57.6 Å². The van der Waals surface area contributed by atoms with Crippen LogP contribution in [0.2, 0.25) is 0 Å². The maximum atomic E-state index is 5.81. The number of nitrogens with zero attached hydrogens (tertiary/aromatic N) is 2. The highest BCUT2D eigenvalue weighted by Crippen LogP contribution is 2.33. The van der Waals surface area contributed by atoms with Gasteiger partial charge >= 0.3 is 0 Å². The van der Waals surface area contributed by atoms with E-state index in [4.69, 9.17) is 9.97 Å². The fraction of sp³-hybridized carbons (Fsp3) is 0. The Hall–Kier alpha value is -10.6. The Balaban J connectivity index is 1.11. The van der Waals surface area contributed by atoms with Crippen molar-refractivity contribution in [2.75, 3.05) is 0 Å². The standard InChI is InChI=1S/C82H60N2Si2/c1-9-27-61(28-10-1)65-47-51-76(52-48-65)85(72-39-17-5-18-40-72,73-41-19-6-20-42-73)78-57-71(58-79(59-78)86(74-43-21-7-22-44-74,75-45-23-8-24-46-75)77-53-49-66(50-54-77)62-29-11-2-12-30-62)82-83-80(69-37-25-35-67(55-69)63-31-13-3-14-32-63)60-81(84-82)70-38-26-36-68(56-70)64-33-15-4-16-34-64/h1-60H. The van der Waals surface area contributed by atoms with Crippen molar-refractivity contribution in [3.05, 3.63) is 364 Å². The molecule has 0 aliphatic rings. The Morgan fingerprint density at radius 2 is 0.395 bits per heavy atom. The van der Waals surface area contributed by atoms with Gasteiger partial charge in [-0.1, -0.05) is 346 Å². The molecule has 0 unspecified atom stereocenters. The minimum absolute atomic E-state index is 0.655. The minimum Gasteiger partial charge on any atom is -0.228 e. The molecule has 0 radical (unpaired) electrons. The third kappa shape index (κ3) is 10.3. The van der Waals surface area contributed by atoms with Crippen molar-refractivity contribution in [2.45, 2.75) is 0 Å². The van der Waals surface area contributed by atoms with E-state index in [1.165, 1.54) is 63.7 Å². The third-order valence-electron chi connectivity index (χ3n) is 17.0. The average molecular weight is 1130 g/mol. The van der Waals surface area contributed by atoms with Crippen molar-refractivity contribution in [2.24, 2.45) is 0 Å². The van der Waals surface area contributed by atoms with Crippen molar-refractivity contribution in [3.63, 3.8) is 0 Å². The quantitative estimate of drug-likeness (QED) is 0.0755. The van der Waals surface area contributed by atoms with Gasteiger partial charge in [-0.05, 0) is 104 Å². The number of benzene rings is 13. The maximum Gasteiger partial charge on any atom is 0.179 e. The van der Waals surface area contributed by atoms with Crippen molar-refractivity contribution in [1.29, 1.82) is 0 Å². The van der Waals surface area contributed by atoms with E-state index in [0.29, 0.717) is 5.82 Å². The summed E-state index contributed by atoms with van der Waals surface area (Å²) in [7, 11) is -6.66. The Kier molecular flexibility index (Phi) is 14.8. The van der Waals surface area contributed by atoms with E-state index >= 15 is 0 Å². The summed E-state index contributed by atoms with van der Waals surface area (Å²) in [6.45, 7) is 0. The summed E-state index contributed by atoms with van der Waals surface area (Å²) in [6.07, 6.45) is 0. The maximum absolute atomic E-state index is 5.81. The lowest BCUT2D eigenvalue weighted by Gasteiger charge is -2.38. The number of hydrogen-bond donors (Lipinski definition) is 0. The van der Waals surface area contributed by atoms with Crippen LogP contribution in [-0.4, -0.2) is 26.1 Å². The molecule has 14 rings (SSSR count). The summed E-state index contributed by atoms with van der Waals surface area (Å²) in [5, 5.41) is 10.2. The molecule has 86 heavy (non-hydrogen) atoms. The van der Waals surface area contributed by atoms with Gasteiger partial charge in [-0.25, -0.2) is 9.97 Å². The van der Waals surface area contributed by atoms with E-state index in [1.807, 2.05) is 0 Å². The van der Waals surface area contributed by atoms with Gasteiger partial charge in [0.05, 0.1) is 11.4 Å². The van der Waals surface area contributed by atoms with Gasteiger partial charge in [0.15, 0.2) is 22.0 Å². The van der Waals surface area contributed by atoms with E-state index < -0.39 is 16.1 Å². The first kappa shape index (κ1) is 53.4. The fourth-order valence-corrected chi connectivity index (χ4v) is 22.6. The van der Waals surface area contributed by atoms with Crippen LogP contribution >= 0.6 is 0 Å². The Bertz CT molecular complexity index is 4200. The molecule has 0 aliphatic carbocycles. The lowest BCUT2D eigenvalue weighted by molar-refractivity contribution is 1.18. The van der Waals surface area contributed by atoms with E-state index in [0.717, 1.165) is 50.3 Å². The first-order chi connectivity index (χ1) is 42.6. The molecule has 406 valence electrons. The topological polar surface area (TPSA) is 25.8 Å². The largest absolute Gasteiger partial charge is 0.228 e. The van der Waals surface area contributed by atoms with Gasteiger partial charge in [0, 0.05) is 16.7 Å². The van der Waals surface area contributed by atoms with E-state index in [2.05, 4.69) is 364 Å². The second kappa shape index (κ2) is 23.9. The highest BCUT2D eigenvalue weighted by Gasteiger charge is 2.46. The van der Waals surface area contributed by atoms with Crippen LogP contribution in [0.3, 0.4) is 0 Å². The Morgan fingerprint density at radius 3 is 0.709 bits per heavy atom. The van der Waals surface area contributed by atoms with Gasteiger partial charge in [-0.3, -0.25) is 0 Å². The van der Waals surface area contributed by atoms with Crippen LogP contribution in [0.25, 0.3) is 78.4 Å². The highest BCUT2D eigenvalue weighted by molar-refractivity contribution is 7.22. The number of rotatable bonds is 15. The highest BCUT2D eigenvalue weighted by atomic mass is 28.3. The molecule has 0 aliphatic heterocycles. The lowest BCUT2D eigenvalue weighted by atomic mass is 9.99. The molecular weight excluding hydrogens is 1070 g/mol. The molecule has 0 amide bonds. The molecule has 0 spiro atoms. The SMILES string of the molecule is c1ccc(-c2ccc([Si](c3ccccc3)(c3ccccc3)c3cc(-c4nc(-c5cccc(-c6ccccc6)c5)cc(-c5cccc(-c6ccccc6)c5)n4)cc([Si](c4ccccc4)(c4ccccc4)c4ccc(-c5ccccc5)cc4)c3)cc2)cc1. The predicted molar refractivity (Wildman–Crippen MR) is 367 cm³/mol. The van der Waals surface area contributed by atoms with Crippen LogP contribution in [0.1, 0.15) is 0 Å². The van der Waals surface area contributed by atoms with Crippen LogP contribution in [0.15, 0.2) is 364 Å². The van der Waals surface area contributed by atoms with Gasteiger partial charge in [0.1, 0.15) is 0 Å². The molecule has 0 fully saturated rings. The van der Waals surface area contributed by atoms with Crippen LogP contribution in [0.4, 0.5) is 0 Å². The summed E-state index contributed by atoms with van der Waals surface area (Å²) in [4.78, 5) is 11.6. The zero-order valence-corrected chi connectivity index (χ0v) is 49.5. The minimum atomic E-state index is -3.33. The van der Waals surface area contributed by atoms with Crippen molar-refractivity contribution in [1.82, 2.24) is 9.97 Å². The first-order valence-corrected chi connectivity index (χ1v) is 33.5. The van der Waals surface area contributed by atoms with Gasteiger partial charge in [-0.2, -0.15) is 0 Å². The van der Waals surface area contributed by atoms with Gasteiger partial charge in [-0.15, -0.1) is 0 Å². The molecule has 1 aromatic heterocycles. The van der Waals surface area contributed by atoms with E-state index in [-0.39, 0.29) is 0 Å². The molecule has 0 saturated heterocycles. The normalized spacial score (nSPS) is 11.5. The summed E-state index contributed by atoms with van der Waals surface area (Å²) < 4.78 is 0. The third-order valence-corrected chi connectivity index (χ3v) is 26.5.